The molecule has 0 N–H and O–H groups in total. The molecule has 0 spiro atoms. The molecule has 1 atom stereocenters. The third kappa shape index (κ3) is 3.24. The summed E-state index contributed by atoms with van der Waals surface area (Å²) in [5.74, 6) is -0.236. The van der Waals surface area contributed by atoms with Gasteiger partial charge in [-0.2, -0.15) is 0 Å². The third-order valence-corrected chi connectivity index (χ3v) is 2.06. The van der Waals surface area contributed by atoms with Crippen LogP contribution in [0.5, 0.6) is 0 Å². The van der Waals surface area contributed by atoms with Crippen LogP contribution in [0.15, 0.2) is 0 Å². The lowest BCUT2D eigenvalue weighted by molar-refractivity contribution is -0.131. The molecule has 1 rings (SSSR count). The van der Waals surface area contributed by atoms with E-state index >= 15 is 0 Å². The second-order valence-corrected chi connectivity index (χ2v) is 3.18. The summed E-state index contributed by atoms with van der Waals surface area (Å²) in [6.07, 6.45) is 0.737. The number of hydrogen-bond donors (Lipinski definition) is 0. The van der Waals surface area contributed by atoms with Crippen molar-refractivity contribution in [3.05, 3.63) is 0 Å². The molecule has 1 fully saturated rings. The predicted octanol–water partition coefficient (Wildman–Crippen LogP) is 0.198. The maximum absolute atomic E-state index is 11.4. The van der Waals surface area contributed by atoms with E-state index < -0.39 is 0 Å². The van der Waals surface area contributed by atoms with Crippen LogP contribution in [-0.4, -0.2) is 38.5 Å². The number of methoxy groups -OCH3 is 1. The van der Waals surface area contributed by atoms with Crippen LogP contribution in [0, 0.1) is 5.92 Å². The number of Topliss-reactive ketones (excluding diaryl/α,β-unsaturated/α-hetero) is 2. The summed E-state index contributed by atoms with van der Waals surface area (Å²) >= 11 is 0. The topological polar surface area (TPSA) is 52.6 Å². The standard InChI is InChI=1S/C9H14O4/c1-12-6-8(10)4-9(11)7-2-3-13-5-7/h7H,2-6H2,1H3. The van der Waals surface area contributed by atoms with Crippen molar-refractivity contribution >= 4 is 11.6 Å². The maximum atomic E-state index is 11.4. The molecule has 0 amide bonds. The van der Waals surface area contributed by atoms with E-state index in [2.05, 4.69) is 4.74 Å². The molecule has 0 aromatic rings. The number of carbonyl (C=O) groups is 2. The number of carbonyl (C=O) groups excluding carboxylic acids is 2. The van der Waals surface area contributed by atoms with Gasteiger partial charge in [-0.1, -0.05) is 0 Å². The Bertz CT molecular complexity index is 194. The van der Waals surface area contributed by atoms with E-state index in [0.717, 1.165) is 6.42 Å². The van der Waals surface area contributed by atoms with Crippen molar-refractivity contribution < 1.29 is 19.1 Å². The van der Waals surface area contributed by atoms with Gasteiger partial charge in [0, 0.05) is 19.6 Å². The lowest BCUT2D eigenvalue weighted by Gasteiger charge is -2.04. The molecule has 1 heterocycles. The molecule has 0 radical (unpaired) electrons. The fourth-order valence-corrected chi connectivity index (χ4v) is 1.34. The highest BCUT2D eigenvalue weighted by Gasteiger charge is 2.24. The first-order valence-electron chi connectivity index (χ1n) is 4.35. The fraction of sp³-hybridized carbons (Fsp3) is 0.778. The van der Waals surface area contributed by atoms with Crippen molar-refractivity contribution in [1.82, 2.24) is 0 Å². The lowest BCUT2D eigenvalue weighted by atomic mass is 9.99. The zero-order valence-electron chi connectivity index (χ0n) is 7.75. The van der Waals surface area contributed by atoms with E-state index in [-0.39, 0.29) is 30.5 Å². The molecule has 0 aromatic carbocycles. The van der Waals surface area contributed by atoms with Crippen LogP contribution in [-0.2, 0) is 19.1 Å². The van der Waals surface area contributed by atoms with Crippen molar-refractivity contribution in [2.24, 2.45) is 5.92 Å². The van der Waals surface area contributed by atoms with Gasteiger partial charge in [-0.25, -0.2) is 0 Å². The van der Waals surface area contributed by atoms with Crippen LogP contribution in [0.25, 0.3) is 0 Å². The van der Waals surface area contributed by atoms with Crippen molar-refractivity contribution in [1.29, 1.82) is 0 Å². The van der Waals surface area contributed by atoms with E-state index in [4.69, 9.17) is 4.74 Å². The molecule has 1 aliphatic heterocycles. The van der Waals surface area contributed by atoms with Crippen LogP contribution in [0.3, 0.4) is 0 Å². The highest BCUT2D eigenvalue weighted by atomic mass is 16.5. The maximum Gasteiger partial charge on any atom is 0.165 e. The second-order valence-electron chi connectivity index (χ2n) is 3.18. The minimum absolute atomic E-state index is 0.0120. The molecule has 1 aliphatic rings. The zero-order chi connectivity index (χ0) is 9.68. The van der Waals surface area contributed by atoms with Crippen LogP contribution in [0.1, 0.15) is 12.8 Å². The largest absolute Gasteiger partial charge is 0.381 e. The first-order chi connectivity index (χ1) is 6.24. The number of rotatable bonds is 5. The Morgan fingerprint density at radius 2 is 2.31 bits per heavy atom. The summed E-state index contributed by atoms with van der Waals surface area (Å²) in [6.45, 7) is 1.13. The summed E-state index contributed by atoms with van der Waals surface area (Å²) in [6, 6.07) is 0. The molecule has 1 saturated heterocycles. The van der Waals surface area contributed by atoms with Crippen molar-refractivity contribution in [3.63, 3.8) is 0 Å². The van der Waals surface area contributed by atoms with Gasteiger partial charge in [0.05, 0.1) is 13.0 Å². The van der Waals surface area contributed by atoms with Crippen LogP contribution in [0.2, 0.25) is 0 Å². The van der Waals surface area contributed by atoms with Gasteiger partial charge >= 0.3 is 0 Å². The molecule has 4 nitrogen and oxygen atoms in total. The van der Waals surface area contributed by atoms with Crippen LogP contribution in [0.4, 0.5) is 0 Å². The lowest BCUT2D eigenvalue weighted by Crippen LogP contribution is -2.20. The molecule has 0 aliphatic carbocycles. The summed E-state index contributed by atoms with van der Waals surface area (Å²) < 4.78 is 9.69. The minimum Gasteiger partial charge on any atom is -0.381 e. The van der Waals surface area contributed by atoms with E-state index in [1.165, 1.54) is 7.11 Å². The quantitative estimate of drug-likeness (QED) is 0.575. The normalized spacial score (nSPS) is 21.8. The minimum atomic E-state index is -0.153. The first-order valence-corrected chi connectivity index (χ1v) is 4.35. The van der Waals surface area contributed by atoms with Crippen molar-refractivity contribution in [2.45, 2.75) is 12.8 Å². The Hall–Kier alpha value is -0.740. The van der Waals surface area contributed by atoms with Gasteiger partial charge in [0.2, 0.25) is 0 Å². The molecule has 4 heteroatoms. The summed E-state index contributed by atoms with van der Waals surface area (Å²) in [5, 5.41) is 0. The van der Waals surface area contributed by atoms with Crippen molar-refractivity contribution in [3.8, 4) is 0 Å². The van der Waals surface area contributed by atoms with Crippen LogP contribution < -0.4 is 0 Å². The van der Waals surface area contributed by atoms with E-state index in [1.807, 2.05) is 0 Å². The van der Waals surface area contributed by atoms with E-state index in [9.17, 15) is 9.59 Å². The molecule has 13 heavy (non-hydrogen) atoms. The third-order valence-electron chi connectivity index (χ3n) is 2.06. The van der Waals surface area contributed by atoms with E-state index in [0.29, 0.717) is 13.2 Å². The van der Waals surface area contributed by atoms with Gasteiger partial charge in [0.15, 0.2) is 5.78 Å². The molecule has 74 valence electrons. The number of hydrogen-bond acceptors (Lipinski definition) is 4. The van der Waals surface area contributed by atoms with Gasteiger partial charge in [0.1, 0.15) is 12.4 Å². The highest BCUT2D eigenvalue weighted by Crippen LogP contribution is 2.14. The summed E-state index contributed by atoms with van der Waals surface area (Å²) in [5.41, 5.74) is 0. The Morgan fingerprint density at radius 3 is 2.85 bits per heavy atom. The first kappa shape index (κ1) is 10.3. The predicted molar refractivity (Wildman–Crippen MR) is 45.4 cm³/mol. The average Bonchev–Trinajstić information content (AvgIpc) is 2.55. The van der Waals surface area contributed by atoms with E-state index in [1.54, 1.807) is 0 Å². The van der Waals surface area contributed by atoms with Gasteiger partial charge in [-0.15, -0.1) is 0 Å². The smallest absolute Gasteiger partial charge is 0.165 e. The highest BCUT2D eigenvalue weighted by molar-refractivity contribution is 6.00. The molecule has 0 aromatic heterocycles. The average molecular weight is 186 g/mol. The Labute approximate surface area is 77.2 Å². The molecule has 1 unspecified atom stereocenters. The Balaban J connectivity index is 2.27. The molecule has 0 bridgehead atoms. The molecule has 0 saturated carbocycles. The van der Waals surface area contributed by atoms with Gasteiger partial charge in [-0.05, 0) is 6.42 Å². The SMILES string of the molecule is COCC(=O)CC(=O)C1CCOC1. The number of ketones is 2. The Kier molecular flexibility index (Phi) is 4.05. The van der Waals surface area contributed by atoms with Gasteiger partial charge < -0.3 is 9.47 Å². The number of ether oxygens (including phenoxy) is 2. The Morgan fingerprint density at radius 1 is 1.54 bits per heavy atom. The van der Waals surface area contributed by atoms with Crippen molar-refractivity contribution in [2.75, 3.05) is 26.9 Å². The monoisotopic (exact) mass is 186 g/mol. The molecular weight excluding hydrogens is 172 g/mol. The van der Waals surface area contributed by atoms with Gasteiger partial charge in [0.25, 0.3) is 0 Å². The summed E-state index contributed by atoms with van der Waals surface area (Å²) in [4.78, 5) is 22.4. The molecular formula is C9H14O4. The fourth-order valence-electron chi connectivity index (χ4n) is 1.34. The summed E-state index contributed by atoms with van der Waals surface area (Å²) in [7, 11) is 1.45. The zero-order valence-corrected chi connectivity index (χ0v) is 7.75. The van der Waals surface area contributed by atoms with Crippen LogP contribution >= 0.6 is 0 Å². The van der Waals surface area contributed by atoms with Gasteiger partial charge in [-0.3, -0.25) is 9.59 Å². The second kappa shape index (κ2) is 5.09.